The van der Waals surface area contributed by atoms with Gasteiger partial charge in [-0.1, -0.05) is 6.07 Å². The summed E-state index contributed by atoms with van der Waals surface area (Å²) >= 11 is 0. The van der Waals surface area contributed by atoms with Gasteiger partial charge < -0.3 is 19.9 Å². The van der Waals surface area contributed by atoms with Gasteiger partial charge in [0, 0.05) is 6.54 Å². The summed E-state index contributed by atoms with van der Waals surface area (Å²) in [4.78, 5) is 0. The summed E-state index contributed by atoms with van der Waals surface area (Å²) in [5, 5.41) is 0. The van der Waals surface area contributed by atoms with Crippen LogP contribution < -0.4 is 15.2 Å². The molecule has 0 amide bonds. The standard InChI is InChI=1S/C15H23NO3/c1-3-17-15-8-12(9-16)5-7-14(15)18-10-13-6-4-11(2)19-13/h5,7-8,11,13H,3-4,6,9-10,16H2,1-2H3. The number of rotatable bonds is 6. The Balaban J connectivity index is 1.98. The van der Waals surface area contributed by atoms with Gasteiger partial charge in [-0.25, -0.2) is 0 Å². The van der Waals surface area contributed by atoms with E-state index in [9.17, 15) is 0 Å². The van der Waals surface area contributed by atoms with E-state index in [2.05, 4.69) is 6.92 Å². The highest BCUT2D eigenvalue weighted by Gasteiger charge is 2.22. The largest absolute Gasteiger partial charge is 0.490 e. The molecule has 0 spiro atoms. The average Bonchev–Trinajstić information content (AvgIpc) is 2.83. The lowest BCUT2D eigenvalue weighted by molar-refractivity contribution is 0.0258. The summed E-state index contributed by atoms with van der Waals surface area (Å²) in [5.74, 6) is 1.53. The third-order valence-electron chi connectivity index (χ3n) is 3.29. The minimum absolute atomic E-state index is 0.193. The second-order valence-electron chi connectivity index (χ2n) is 4.88. The first-order valence-electron chi connectivity index (χ1n) is 6.97. The van der Waals surface area contributed by atoms with Crippen LogP contribution in [0.15, 0.2) is 18.2 Å². The highest BCUT2D eigenvalue weighted by atomic mass is 16.6. The van der Waals surface area contributed by atoms with Crippen LogP contribution >= 0.6 is 0 Å². The Morgan fingerprint density at radius 2 is 2.11 bits per heavy atom. The van der Waals surface area contributed by atoms with Crippen molar-refractivity contribution < 1.29 is 14.2 Å². The Kier molecular flexibility index (Phi) is 5.05. The lowest BCUT2D eigenvalue weighted by atomic mass is 10.2. The zero-order valence-electron chi connectivity index (χ0n) is 11.7. The number of nitrogens with two attached hydrogens (primary N) is 1. The maximum atomic E-state index is 5.83. The molecule has 0 saturated carbocycles. The predicted octanol–water partition coefficient (Wildman–Crippen LogP) is 2.49. The zero-order valence-corrected chi connectivity index (χ0v) is 11.7. The molecule has 2 rings (SSSR count). The molecule has 19 heavy (non-hydrogen) atoms. The number of hydrogen-bond donors (Lipinski definition) is 1. The molecule has 2 N–H and O–H groups in total. The number of ether oxygens (including phenoxy) is 3. The van der Waals surface area contributed by atoms with Crippen molar-refractivity contribution in [3.8, 4) is 11.5 Å². The molecule has 106 valence electrons. The van der Waals surface area contributed by atoms with Crippen LogP contribution in [0.4, 0.5) is 0 Å². The van der Waals surface area contributed by atoms with E-state index in [0.29, 0.717) is 25.9 Å². The summed E-state index contributed by atoms with van der Waals surface area (Å²) in [6, 6.07) is 5.83. The van der Waals surface area contributed by atoms with E-state index in [1.807, 2.05) is 25.1 Å². The molecule has 1 aromatic carbocycles. The molecule has 0 aliphatic carbocycles. The van der Waals surface area contributed by atoms with Gasteiger partial charge in [0.05, 0.1) is 18.8 Å². The quantitative estimate of drug-likeness (QED) is 0.858. The van der Waals surface area contributed by atoms with Crippen LogP contribution in [-0.4, -0.2) is 25.4 Å². The van der Waals surface area contributed by atoms with Gasteiger partial charge in [-0.3, -0.25) is 0 Å². The first-order valence-corrected chi connectivity index (χ1v) is 6.97. The van der Waals surface area contributed by atoms with Crippen LogP contribution in [0.5, 0.6) is 11.5 Å². The van der Waals surface area contributed by atoms with E-state index in [4.69, 9.17) is 19.9 Å². The van der Waals surface area contributed by atoms with Crippen LogP contribution in [0.25, 0.3) is 0 Å². The van der Waals surface area contributed by atoms with Crippen molar-refractivity contribution in [1.82, 2.24) is 0 Å². The number of hydrogen-bond acceptors (Lipinski definition) is 4. The molecule has 1 heterocycles. The number of benzene rings is 1. The SMILES string of the molecule is CCOc1cc(CN)ccc1OCC1CCC(C)O1. The topological polar surface area (TPSA) is 53.7 Å². The summed E-state index contributed by atoms with van der Waals surface area (Å²) in [6.45, 7) is 5.75. The highest BCUT2D eigenvalue weighted by Crippen LogP contribution is 2.29. The molecule has 2 atom stereocenters. The molecule has 1 aromatic rings. The van der Waals surface area contributed by atoms with Crippen LogP contribution in [0.2, 0.25) is 0 Å². The first kappa shape index (κ1) is 14.2. The van der Waals surface area contributed by atoms with Crippen molar-refractivity contribution in [2.24, 2.45) is 5.73 Å². The summed E-state index contributed by atoms with van der Waals surface area (Å²) in [7, 11) is 0. The molecule has 1 aliphatic heterocycles. The van der Waals surface area contributed by atoms with Gasteiger partial charge in [-0.2, -0.15) is 0 Å². The van der Waals surface area contributed by atoms with E-state index in [1.165, 1.54) is 0 Å². The maximum Gasteiger partial charge on any atom is 0.161 e. The predicted molar refractivity (Wildman–Crippen MR) is 74.6 cm³/mol. The average molecular weight is 265 g/mol. The second kappa shape index (κ2) is 6.78. The van der Waals surface area contributed by atoms with Crippen molar-refractivity contribution in [3.05, 3.63) is 23.8 Å². The fourth-order valence-corrected chi connectivity index (χ4v) is 2.26. The van der Waals surface area contributed by atoms with Crippen molar-refractivity contribution in [1.29, 1.82) is 0 Å². The molecule has 0 bridgehead atoms. The van der Waals surface area contributed by atoms with E-state index < -0.39 is 0 Å². The summed E-state index contributed by atoms with van der Waals surface area (Å²) in [5.41, 5.74) is 6.68. The van der Waals surface area contributed by atoms with Gasteiger partial charge in [-0.05, 0) is 44.4 Å². The molecule has 1 fully saturated rings. The van der Waals surface area contributed by atoms with E-state index >= 15 is 0 Å². The second-order valence-corrected chi connectivity index (χ2v) is 4.88. The molecule has 0 radical (unpaired) electrons. The monoisotopic (exact) mass is 265 g/mol. The van der Waals surface area contributed by atoms with Gasteiger partial charge in [-0.15, -0.1) is 0 Å². The van der Waals surface area contributed by atoms with E-state index in [0.717, 1.165) is 29.9 Å². The highest BCUT2D eigenvalue weighted by molar-refractivity contribution is 5.43. The third kappa shape index (κ3) is 3.85. The van der Waals surface area contributed by atoms with Gasteiger partial charge in [0.25, 0.3) is 0 Å². The lowest BCUT2D eigenvalue weighted by Crippen LogP contribution is -2.18. The summed E-state index contributed by atoms with van der Waals surface area (Å²) in [6.07, 6.45) is 2.71. The molecule has 2 unspecified atom stereocenters. The molecule has 1 aliphatic rings. The Hall–Kier alpha value is -1.26. The Bertz CT molecular complexity index is 408. The van der Waals surface area contributed by atoms with Crippen LogP contribution in [0.1, 0.15) is 32.3 Å². The van der Waals surface area contributed by atoms with Gasteiger partial charge >= 0.3 is 0 Å². The van der Waals surface area contributed by atoms with E-state index in [1.54, 1.807) is 0 Å². The minimum Gasteiger partial charge on any atom is -0.490 e. The lowest BCUT2D eigenvalue weighted by Gasteiger charge is -2.16. The normalized spacial score (nSPS) is 22.5. The van der Waals surface area contributed by atoms with Crippen LogP contribution in [0, 0.1) is 0 Å². The minimum atomic E-state index is 0.193. The molecular formula is C15H23NO3. The van der Waals surface area contributed by atoms with Crippen LogP contribution in [-0.2, 0) is 11.3 Å². The molecule has 1 saturated heterocycles. The Labute approximate surface area is 114 Å². The third-order valence-corrected chi connectivity index (χ3v) is 3.29. The van der Waals surface area contributed by atoms with Gasteiger partial charge in [0.2, 0.25) is 0 Å². The Morgan fingerprint density at radius 1 is 1.26 bits per heavy atom. The molecule has 4 nitrogen and oxygen atoms in total. The first-order chi connectivity index (χ1) is 9.22. The fourth-order valence-electron chi connectivity index (χ4n) is 2.26. The summed E-state index contributed by atoms with van der Waals surface area (Å²) < 4.78 is 17.2. The van der Waals surface area contributed by atoms with Crippen molar-refractivity contribution in [2.45, 2.75) is 45.4 Å². The van der Waals surface area contributed by atoms with E-state index in [-0.39, 0.29) is 6.10 Å². The smallest absolute Gasteiger partial charge is 0.161 e. The van der Waals surface area contributed by atoms with Crippen LogP contribution in [0.3, 0.4) is 0 Å². The Morgan fingerprint density at radius 3 is 2.74 bits per heavy atom. The van der Waals surface area contributed by atoms with Gasteiger partial charge in [0.15, 0.2) is 11.5 Å². The van der Waals surface area contributed by atoms with Crippen molar-refractivity contribution in [3.63, 3.8) is 0 Å². The molecule has 4 heteroatoms. The van der Waals surface area contributed by atoms with Gasteiger partial charge in [0.1, 0.15) is 6.61 Å². The van der Waals surface area contributed by atoms with Crippen molar-refractivity contribution >= 4 is 0 Å². The molecular weight excluding hydrogens is 242 g/mol. The maximum absolute atomic E-state index is 5.83. The fraction of sp³-hybridized carbons (Fsp3) is 0.600. The molecule has 0 aromatic heterocycles. The zero-order chi connectivity index (χ0) is 13.7. The van der Waals surface area contributed by atoms with Crippen molar-refractivity contribution in [2.75, 3.05) is 13.2 Å².